The Morgan fingerprint density at radius 3 is 2.25 bits per heavy atom. The summed E-state index contributed by atoms with van der Waals surface area (Å²) in [6.07, 6.45) is 0. The van der Waals surface area contributed by atoms with E-state index in [9.17, 15) is 21.6 Å². The number of hydrogen-bond donors (Lipinski definition) is 2. The first-order valence-corrected chi connectivity index (χ1v) is 7.46. The molecule has 1 rings (SSSR count). The molecule has 4 nitrogen and oxygen atoms in total. The second-order valence-electron chi connectivity index (χ2n) is 4.68. The molecule has 0 fully saturated rings. The lowest BCUT2D eigenvalue weighted by Gasteiger charge is -2.23. The normalized spacial score (nSPS) is 14.3. The zero-order valence-electron chi connectivity index (χ0n) is 11.1. The van der Waals surface area contributed by atoms with Crippen molar-refractivity contribution >= 4 is 15.5 Å². The van der Waals surface area contributed by atoms with E-state index >= 15 is 0 Å². The predicted octanol–water partition coefficient (Wildman–Crippen LogP) is 2.38. The molecular formula is C12H17F3N2O2S. The maximum Gasteiger partial charge on any atom is 0.501 e. The maximum atomic E-state index is 12.6. The Bertz CT molecular complexity index is 556. The van der Waals surface area contributed by atoms with E-state index in [-0.39, 0.29) is 24.2 Å². The Morgan fingerprint density at radius 1 is 1.25 bits per heavy atom. The highest BCUT2D eigenvalue weighted by Crippen LogP contribution is 2.34. The minimum atomic E-state index is -5.39. The Labute approximate surface area is 116 Å². The fourth-order valence-electron chi connectivity index (χ4n) is 1.64. The fraction of sp³-hybridized carbons (Fsp3) is 0.500. The zero-order chi connectivity index (χ0) is 15.6. The Morgan fingerprint density at radius 2 is 1.80 bits per heavy atom. The molecule has 0 bridgehead atoms. The van der Waals surface area contributed by atoms with Gasteiger partial charge in [-0.25, -0.2) is 8.42 Å². The summed E-state index contributed by atoms with van der Waals surface area (Å²) in [6, 6.07) is 4.62. The van der Waals surface area contributed by atoms with Gasteiger partial charge in [-0.2, -0.15) is 13.2 Å². The number of alkyl halides is 3. The number of anilines is 1. The molecule has 0 amide bonds. The summed E-state index contributed by atoms with van der Waals surface area (Å²) >= 11 is 0. The smallest absolute Gasteiger partial charge is 0.380 e. The molecule has 20 heavy (non-hydrogen) atoms. The number of hydrogen-bond acceptors (Lipinski definition) is 4. The first-order valence-electron chi connectivity index (χ1n) is 5.98. The topological polar surface area (TPSA) is 72.2 Å². The van der Waals surface area contributed by atoms with Crippen LogP contribution in [0.1, 0.15) is 13.8 Å². The molecule has 0 spiro atoms. The predicted molar refractivity (Wildman–Crippen MR) is 71.0 cm³/mol. The summed E-state index contributed by atoms with van der Waals surface area (Å²) < 4.78 is 60.9. The molecule has 1 atom stereocenters. The Balaban J connectivity index is 3.26. The van der Waals surface area contributed by atoms with Crippen LogP contribution in [0.15, 0.2) is 29.2 Å². The van der Waals surface area contributed by atoms with Crippen molar-refractivity contribution in [1.29, 1.82) is 0 Å². The van der Waals surface area contributed by atoms with E-state index in [4.69, 9.17) is 5.73 Å². The van der Waals surface area contributed by atoms with Crippen LogP contribution in [0.25, 0.3) is 0 Å². The summed E-state index contributed by atoms with van der Waals surface area (Å²) in [5.74, 6) is 0.0432. The Hall–Kier alpha value is -1.28. The van der Waals surface area contributed by atoms with Gasteiger partial charge in [0.25, 0.3) is 9.84 Å². The van der Waals surface area contributed by atoms with Gasteiger partial charge in [0.15, 0.2) is 0 Å². The highest BCUT2D eigenvalue weighted by Gasteiger charge is 2.48. The van der Waals surface area contributed by atoms with Gasteiger partial charge in [-0.3, -0.25) is 0 Å². The second-order valence-corrected chi connectivity index (χ2v) is 6.59. The van der Waals surface area contributed by atoms with Crippen molar-refractivity contribution in [2.45, 2.75) is 30.3 Å². The van der Waals surface area contributed by atoms with Gasteiger partial charge < -0.3 is 11.1 Å². The highest BCUT2D eigenvalue weighted by atomic mass is 32.2. The van der Waals surface area contributed by atoms with Crippen molar-refractivity contribution in [2.75, 3.05) is 11.9 Å². The molecule has 0 heterocycles. The van der Waals surface area contributed by atoms with Crippen LogP contribution in [0.3, 0.4) is 0 Å². The van der Waals surface area contributed by atoms with Crippen molar-refractivity contribution in [3.8, 4) is 0 Å². The summed E-state index contributed by atoms with van der Waals surface area (Å²) in [7, 11) is -5.39. The number of nitrogens with two attached hydrogens (primary N) is 1. The molecule has 1 aromatic rings. The SMILES string of the molecule is CC(C)C(CN)Nc1ccccc1S(=O)(=O)C(F)(F)F. The average Bonchev–Trinajstić information content (AvgIpc) is 2.34. The number of sulfone groups is 1. The number of benzene rings is 1. The first-order chi connectivity index (χ1) is 9.11. The van der Waals surface area contributed by atoms with Gasteiger partial charge in [0.1, 0.15) is 0 Å². The summed E-state index contributed by atoms with van der Waals surface area (Å²) in [4.78, 5) is -0.786. The van der Waals surface area contributed by atoms with Crippen molar-refractivity contribution in [3.05, 3.63) is 24.3 Å². The van der Waals surface area contributed by atoms with Crippen molar-refractivity contribution in [3.63, 3.8) is 0 Å². The largest absolute Gasteiger partial charge is 0.501 e. The molecule has 0 saturated carbocycles. The van der Waals surface area contributed by atoms with Gasteiger partial charge in [0.05, 0.1) is 10.6 Å². The molecule has 0 aliphatic rings. The second kappa shape index (κ2) is 6.01. The summed E-state index contributed by atoms with van der Waals surface area (Å²) in [5, 5.41) is 2.77. The zero-order valence-corrected chi connectivity index (χ0v) is 11.9. The molecule has 1 aromatic carbocycles. The third kappa shape index (κ3) is 3.43. The van der Waals surface area contributed by atoms with Crippen LogP contribution in [-0.2, 0) is 9.84 Å². The van der Waals surface area contributed by atoms with Crippen LogP contribution in [0.5, 0.6) is 0 Å². The van der Waals surface area contributed by atoms with Gasteiger partial charge in [-0.05, 0) is 18.1 Å². The number of halogens is 3. The van der Waals surface area contributed by atoms with Gasteiger partial charge in [-0.1, -0.05) is 26.0 Å². The van der Waals surface area contributed by atoms with E-state index in [1.54, 1.807) is 0 Å². The maximum absolute atomic E-state index is 12.6. The summed E-state index contributed by atoms with van der Waals surface area (Å²) in [5.41, 5.74) is 0.111. The quantitative estimate of drug-likeness (QED) is 0.876. The average molecular weight is 310 g/mol. The van der Waals surface area contributed by atoms with Crippen LogP contribution in [0.4, 0.5) is 18.9 Å². The third-order valence-electron chi connectivity index (χ3n) is 2.88. The Kier molecular flexibility index (Phi) is 5.04. The fourth-order valence-corrected chi connectivity index (χ4v) is 2.57. The first kappa shape index (κ1) is 16.8. The van der Waals surface area contributed by atoms with Crippen molar-refractivity contribution in [2.24, 2.45) is 11.7 Å². The number of para-hydroxylation sites is 1. The van der Waals surface area contributed by atoms with E-state index in [0.29, 0.717) is 0 Å². The molecule has 3 N–H and O–H groups in total. The van der Waals surface area contributed by atoms with Gasteiger partial charge >= 0.3 is 5.51 Å². The van der Waals surface area contributed by atoms with E-state index in [0.717, 1.165) is 6.07 Å². The molecule has 0 saturated heterocycles. The van der Waals surface area contributed by atoms with Crippen molar-refractivity contribution < 1.29 is 21.6 Å². The van der Waals surface area contributed by atoms with Crippen LogP contribution in [0, 0.1) is 5.92 Å². The van der Waals surface area contributed by atoms with Crippen LogP contribution in [0.2, 0.25) is 0 Å². The van der Waals surface area contributed by atoms with E-state index in [2.05, 4.69) is 5.32 Å². The lowest BCUT2D eigenvalue weighted by molar-refractivity contribution is -0.0435. The number of nitrogens with one attached hydrogen (secondary N) is 1. The third-order valence-corrected chi connectivity index (χ3v) is 4.43. The molecule has 8 heteroatoms. The summed E-state index contributed by atoms with van der Waals surface area (Å²) in [6.45, 7) is 3.86. The van der Waals surface area contributed by atoms with Crippen LogP contribution in [-0.4, -0.2) is 26.5 Å². The number of rotatable bonds is 5. The van der Waals surface area contributed by atoms with Crippen molar-refractivity contribution in [1.82, 2.24) is 0 Å². The lowest BCUT2D eigenvalue weighted by Crippen LogP contribution is -2.34. The molecular weight excluding hydrogens is 293 g/mol. The molecule has 1 unspecified atom stereocenters. The lowest BCUT2D eigenvalue weighted by atomic mass is 10.0. The van der Waals surface area contributed by atoms with Crippen LogP contribution < -0.4 is 11.1 Å². The molecule has 0 aliphatic carbocycles. The molecule has 0 radical (unpaired) electrons. The minimum absolute atomic E-state index is 0.0432. The van der Waals surface area contributed by atoms with Crippen LogP contribution >= 0.6 is 0 Å². The van der Waals surface area contributed by atoms with Gasteiger partial charge in [-0.15, -0.1) is 0 Å². The van der Waals surface area contributed by atoms with E-state index in [1.807, 2.05) is 13.8 Å². The van der Waals surface area contributed by atoms with E-state index in [1.165, 1.54) is 18.2 Å². The molecule has 0 aliphatic heterocycles. The standard InChI is InChI=1S/C12H17F3N2O2S/c1-8(2)10(7-16)17-9-5-3-4-6-11(9)20(18,19)12(13,14)15/h3-6,8,10,17H,7,16H2,1-2H3. The molecule has 0 aromatic heterocycles. The molecule has 114 valence electrons. The van der Waals surface area contributed by atoms with Gasteiger partial charge in [0, 0.05) is 12.6 Å². The van der Waals surface area contributed by atoms with E-state index < -0.39 is 20.2 Å². The van der Waals surface area contributed by atoms with Gasteiger partial charge in [0.2, 0.25) is 0 Å². The minimum Gasteiger partial charge on any atom is -0.380 e. The monoisotopic (exact) mass is 310 g/mol. The highest BCUT2D eigenvalue weighted by molar-refractivity contribution is 7.92.